The number of para-hydroxylation sites is 1. The van der Waals surface area contributed by atoms with Gasteiger partial charge in [-0.05, 0) is 40.2 Å². The van der Waals surface area contributed by atoms with Crippen LogP contribution in [0.1, 0.15) is 0 Å². The summed E-state index contributed by atoms with van der Waals surface area (Å²) in [7, 11) is 0. The highest BCUT2D eigenvalue weighted by Gasteiger charge is 2.09. The summed E-state index contributed by atoms with van der Waals surface area (Å²) in [5.74, 6) is 0.342. The van der Waals surface area contributed by atoms with Gasteiger partial charge < -0.3 is 10.5 Å². The summed E-state index contributed by atoms with van der Waals surface area (Å²) < 4.78 is 19.5. The molecule has 100 valence electrons. The summed E-state index contributed by atoms with van der Waals surface area (Å²) in [6.07, 6.45) is 0. The number of hydrogen-bond donors (Lipinski definition) is 1. The van der Waals surface area contributed by atoms with Gasteiger partial charge in [0.1, 0.15) is 11.6 Å². The number of fused-ring (bicyclic) bond motifs is 1. The molecule has 0 aliphatic carbocycles. The van der Waals surface area contributed by atoms with Crippen molar-refractivity contribution in [3.8, 4) is 11.6 Å². The van der Waals surface area contributed by atoms with Crippen LogP contribution < -0.4 is 10.5 Å². The number of aromatic nitrogens is 2. The molecule has 0 radical (unpaired) electrons. The second-order valence-corrected chi connectivity index (χ2v) is 4.94. The first-order valence-electron chi connectivity index (χ1n) is 5.78. The summed E-state index contributed by atoms with van der Waals surface area (Å²) in [5, 5.41) is 0.713. The summed E-state index contributed by atoms with van der Waals surface area (Å²) in [5.41, 5.74) is 6.32. The second-order valence-electron chi connectivity index (χ2n) is 4.08. The van der Waals surface area contributed by atoms with Crippen molar-refractivity contribution >= 4 is 32.8 Å². The maximum atomic E-state index is 13.5. The van der Waals surface area contributed by atoms with Crippen molar-refractivity contribution in [2.24, 2.45) is 0 Å². The van der Waals surface area contributed by atoms with E-state index >= 15 is 0 Å². The Morgan fingerprint density at radius 3 is 2.70 bits per heavy atom. The van der Waals surface area contributed by atoms with Crippen molar-refractivity contribution in [1.29, 1.82) is 0 Å². The number of halogens is 2. The molecule has 20 heavy (non-hydrogen) atoms. The van der Waals surface area contributed by atoms with E-state index in [-0.39, 0.29) is 5.95 Å². The third-order valence-electron chi connectivity index (χ3n) is 2.69. The molecule has 2 aromatic carbocycles. The Bertz CT molecular complexity index is 794. The van der Waals surface area contributed by atoms with Crippen LogP contribution in [0.4, 0.5) is 10.3 Å². The minimum Gasteiger partial charge on any atom is -0.438 e. The van der Waals surface area contributed by atoms with Crippen molar-refractivity contribution in [3.63, 3.8) is 0 Å². The van der Waals surface area contributed by atoms with Crippen molar-refractivity contribution in [3.05, 3.63) is 52.8 Å². The molecule has 2 N–H and O–H groups in total. The number of nitrogens with two attached hydrogens (primary N) is 1. The molecule has 0 unspecified atom stereocenters. The number of nitrogen functional groups attached to an aromatic ring is 1. The summed E-state index contributed by atoms with van der Waals surface area (Å²) in [4.78, 5) is 8.17. The maximum absolute atomic E-state index is 13.5. The largest absolute Gasteiger partial charge is 0.438 e. The van der Waals surface area contributed by atoms with Crippen LogP contribution in [0.15, 0.2) is 46.9 Å². The second kappa shape index (κ2) is 5.05. The quantitative estimate of drug-likeness (QED) is 0.772. The number of rotatable bonds is 2. The molecule has 0 saturated carbocycles. The fourth-order valence-corrected chi connectivity index (χ4v) is 2.04. The van der Waals surface area contributed by atoms with E-state index in [4.69, 9.17) is 10.5 Å². The predicted octanol–water partition coefficient (Wildman–Crippen LogP) is 3.91. The number of anilines is 1. The van der Waals surface area contributed by atoms with Gasteiger partial charge in [-0.3, -0.25) is 0 Å². The average Bonchev–Trinajstić information content (AvgIpc) is 2.43. The molecule has 4 nitrogen and oxygen atoms in total. The molecule has 1 aromatic heterocycles. The lowest BCUT2D eigenvalue weighted by Gasteiger charge is -2.08. The molecule has 0 aliphatic heterocycles. The van der Waals surface area contributed by atoms with Gasteiger partial charge in [-0.2, -0.15) is 4.98 Å². The van der Waals surface area contributed by atoms with Gasteiger partial charge in [-0.25, -0.2) is 9.37 Å². The van der Waals surface area contributed by atoms with E-state index in [9.17, 15) is 4.39 Å². The van der Waals surface area contributed by atoms with Gasteiger partial charge in [0.2, 0.25) is 11.8 Å². The molecule has 0 spiro atoms. The lowest BCUT2D eigenvalue weighted by atomic mass is 10.2. The van der Waals surface area contributed by atoms with Gasteiger partial charge in [0.25, 0.3) is 0 Å². The topological polar surface area (TPSA) is 61.0 Å². The first-order chi connectivity index (χ1) is 9.63. The van der Waals surface area contributed by atoms with Gasteiger partial charge >= 0.3 is 0 Å². The number of benzene rings is 2. The zero-order valence-electron chi connectivity index (χ0n) is 10.2. The van der Waals surface area contributed by atoms with E-state index in [1.807, 2.05) is 24.3 Å². The highest BCUT2D eigenvalue weighted by atomic mass is 79.9. The van der Waals surface area contributed by atoms with Crippen molar-refractivity contribution in [2.45, 2.75) is 0 Å². The SMILES string of the molecule is Nc1nc(Oc2ccc(Br)c(F)c2)c2ccccc2n1. The Labute approximate surface area is 122 Å². The van der Waals surface area contributed by atoms with Crippen LogP contribution in [0.2, 0.25) is 0 Å². The molecule has 0 saturated heterocycles. The Morgan fingerprint density at radius 1 is 1.10 bits per heavy atom. The van der Waals surface area contributed by atoms with Crippen LogP contribution >= 0.6 is 15.9 Å². The highest BCUT2D eigenvalue weighted by molar-refractivity contribution is 9.10. The molecule has 3 rings (SSSR count). The summed E-state index contributed by atoms with van der Waals surface area (Å²) in [6.45, 7) is 0. The maximum Gasteiger partial charge on any atom is 0.231 e. The van der Waals surface area contributed by atoms with Crippen molar-refractivity contribution in [1.82, 2.24) is 9.97 Å². The van der Waals surface area contributed by atoms with Gasteiger partial charge in [0.05, 0.1) is 15.4 Å². The lowest BCUT2D eigenvalue weighted by molar-refractivity contribution is 0.463. The van der Waals surface area contributed by atoms with Crippen molar-refractivity contribution in [2.75, 3.05) is 5.73 Å². The van der Waals surface area contributed by atoms with Gasteiger partial charge in [0.15, 0.2) is 0 Å². The molecule has 3 aromatic rings. The molecule has 0 fully saturated rings. The van der Waals surface area contributed by atoms with E-state index < -0.39 is 5.82 Å². The molecule has 6 heteroatoms. The molecular weight excluding hydrogens is 325 g/mol. The number of nitrogens with zero attached hydrogens (tertiary/aromatic N) is 2. The molecule has 0 atom stereocenters. The minimum absolute atomic E-state index is 0.108. The monoisotopic (exact) mass is 333 g/mol. The normalized spacial score (nSPS) is 10.7. The fraction of sp³-hybridized carbons (Fsp3) is 0. The van der Waals surface area contributed by atoms with E-state index in [1.165, 1.54) is 6.07 Å². The number of hydrogen-bond acceptors (Lipinski definition) is 4. The van der Waals surface area contributed by atoms with E-state index in [1.54, 1.807) is 12.1 Å². The van der Waals surface area contributed by atoms with Crippen LogP contribution in [-0.2, 0) is 0 Å². The summed E-state index contributed by atoms with van der Waals surface area (Å²) >= 11 is 3.09. The Kier molecular flexibility index (Phi) is 3.23. The summed E-state index contributed by atoms with van der Waals surface area (Å²) in [6, 6.07) is 11.8. The first-order valence-corrected chi connectivity index (χ1v) is 6.58. The average molecular weight is 334 g/mol. The smallest absolute Gasteiger partial charge is 0.231 e. The van der Waals surface area contributed by atoms with Crippen molar-refractivity contribution < 1.29 is 9.13 Å². The molecule has 1 heterocycles. The Balaban J connectivity index is 2.07. The number of ether oxygens (including phenoxy) is 1. The third kappa shape index (κ3) is 2.42. The van der Waals surface area contributed by atoms with E-state index in [0.29, 0.717) is 27.0 Å². The van der Waals surface area contributed by atoms with E-state index in [0.717, 1.165) is 0 Å². The predicted molar refractivity (Wildman–Crippen MR) is 78.1 cm³/mol. The molecular formula is C14H9BrFN3O. The first kappa shape index (κ1) is 12.8. The van der Waals surface area contributed by atoms with Crippen LogP contribution in [0.25, 0.3) is 10.9 Å². The van der Waals surface area contributed by atoms with Crippen LogP contribution in [0, 0.1) is 5.82 Å². The minimum atomic E-state index is -0.408. The van der Waals surface area contributed by atoms with E-state index in [2.05, 4.69) is 25.9 Å². The van der Waals surface area contributed by atoms with Crippen LogP contribution in [0.3, 0.4) is 0 Å². The Morgan fingerprint density at radius 2 is 1.90 bits per heavy atom. The highest BCUT2D eigenvalue weighted by Crippen LogP contribution is 2.29. The molecule has 0 amide bonds. The lowest BCUT2D eigenvalue weighted by Crippen LogP contribution is -1.98. The fourth-order valence-electron chi connectivity index (χ4n) is 1.79. The third-order valence-corrected chi connectivity index (χ3v) is 3.33. The standard InChI is InChI=1S/C14H9BrFN3O/c15-10-6-5-8(7-11(10)16)20-13-9-3-1-2-4-12(9)18-14(17)19-13/h1-7H,(H2,17,18,19). The van der Waals surface area contributed by atoms with Crippen LogP contribution in [-0.4, -0.2) is 9.97 Å². The molecule has 0 bridgehead atoms. The van der Waals surface area contributed by atoms with Gasteiger partial charge in [0, 0.05) is 6.07 Å². The molecule has 0 aliphatic rings. The zero-order valence-corrected chi connectivity index (χ0v) is 11.8. The van der Waals surface area contributed by atoms with Crippen LogP contribution in [0.5, 0.6) is 11.6 Å². The zero-order chi connectivity index (χ0) is 14.1. The van der Waals surface area contributed by atoms with Gasteiger partial charge in [-0.15, -0.1) is 0 Å². The van der Waals surface area contributed by atoms with Gasteiger partial charge in [-0.1, -0.05) is 12.1 Å². The Hall–Kier alpha value is -2.21.